The minimum Gasteiger partial charge on any atom is -0.468 e. The van der Waals surface area contributed by atoms with E-state index in [1.165, 1.54) is 32.8 Å². The van der Waals surface area contributed by atoms with Crippen molar-refractivity contribution >= 4 is 5.97 Å². The third kappa shape index (κ3) is 5.59. The molecule has 0 amide bonds. The van der Waals surface area contributed by atoms with Gasteiger partial charge in [0.15, 0.2) is 0 Å². The van der Waals surface area contributed by atoms with Gasteiger partial charge in [0.05, 0.1) is 7.11 Å². The number of piperidine rings is 1. The molecule has 1 heterocycles. The summed E-state index contributed by atoms with van der Waals surface area (Å²) in [6.07, 6.45) is 5.99. The Hall–Kier alpha value is -0.610. The van der Waals surface area contributed by atoms with Crippen molar-refractivity contribution in [1.29, 1.82) is 0 Å². The quantitative estimate of drug-likeness (QED) is 0.700. The van der Waals surface area contributed by atoms with Crippen molar-refractivity contribution in [2.45, 2.75) is 71.9 Å². The van der Waals surface area contributed by atoms with E-state index in [1.54, 1.807) is 0 Å². The van der Waals surface area contributed by atoms with Gasteiger partial charge in [0.2, 0.25) is 0 Å². The monoisotopic (exact) mass is 298 g/mol. The average Bonchev–Trinajstić information content (AvgIpc) is 2.51. The Morgan fingerprint density at radius 2 is 1.81 bits per heavy atom. The number of hydrogen-bond donors (Lipinski definition) is 1. The van der Waals surface area contributed by atoms with E-state index in [4.69, 9.17) is 4.74 Å². The molecule has 1 unspecified atom stereocenters. The summed E-state index contributed by atoms with van der Waals surface area (Å²) >= 11 is 0. The lowest BCUT2D eigenvalue weighted by atomic mass is 9.74. The van der Waals surface area contributed by atoms with Crippen molar-refractivity contribution in [2.75, 3.05) is 26.7 Å². The second kappa shape index (κ2) is 8.74. The lowest BCUT2D eigenvalue weighted by Crippen LogP contribution is -2.45. The highest BCUT2D eigenvalue weighted by atomic mass is 16.5. The zero-order valence-corrected chi connectivity index (χ0v) is 14.6. The Kier molecular flexibility index (Phi) is 7.67. The first-order valence-electron chi connectivity index (χ1n) is 8.52. The van der Waals surface area contributed by atoms with Crippen molar-refractivity contribution in [1.82, 2.24) is 10.2 Å². The Labute approximate surface area is 130 Å². The molecule has 0 aromatic carbocycles. The number of ether oxygens (including phenoxy) is 1. The molecule has 1 rings (SSSR count). The van der Waals surface area contributed by atoms with E-state index < -0.39 is 0 Å². The highest BCUT2D eigenvalue weighted by molar-refractivity contribution is 5.75. The fourth-order valence-electron chi connectivity index (χ4n) is 3.33. The zero-order chi connectivity index (χ0) is 15.9. The van der Waals surface area contributed by atoms with Crippen LogP contribution in [-0.2, 0) is 9.53 Å². The summed E-state index contributed by atoms with van der Waals surface area (Å²) in [5.41, 5.74) is 0.564. The Balaban J connectivity index is 2.42. The van der Waals surface area contributed by atoms with Crippen LogP contribution in [0.3, 0.4) is 0 Å². The van der Waals surface area contributed by atoms with Crippen LogP contribution in [0.1, 0.15) is 59.8 Å². The molecule has 0 radical (unpaired) electrons. The molecule has 1 N–H and O–H groups in total. The number of nitrogens with zero attached hydrogens (tertiary/aromatic N) is 1. The first kappa shape index (κ1) is 18.4. The summed E-state index contributed by atoms with van der Waals surface area (Å²) in [6, 6.07) is 0.113. The number of rotatable bonds is 8. The van der Waals surface area contributed by atoms with Crippen molar-refractivity contribution in [3.63, 3.8) is 0 Å². The Morgan fingerprint density at radius 1 is 1.24 bits per heavy atom. The molecule has 0 spiro atoms. The van der Waals surface area contributed by atoms with Crippen LogP contribution in [0.15, 0.2) is 0 Å². The normalized spacial score (nSPS) is 20.5. The molecule has 4 nitrogen and oxygen atoms in total. The number of hydrogen-bond acceptors (Lipinski definition) is 4. The second-order valence-electron chi connectivity index (χ2n) is 6.73. The van der Waals surface area contributed by atoms with Crippen LogP contribution in [0.5, 0.6) is 0 Å². The van der Waals surface area contributed by atoms with Gasteiger partial charge < -0.3 is 15.0 Å². The lowest BCUT2D eigenvalue weighted by molar-refractivity contribution is -0.143. The van der Waals surface area contributed by atoms with Crippen LogP contribution in [-0.4, -0.2) is 49.7 Å². The number of carbonyl (C=O) groups is 1. The van der Waals surface area contributed by atoms with E-state index in [2.05, 4.69) is 37.9 Å². The van der Waals surface area contributed by atoms with Crippen LogP contribution >= 0.6 is 0 Å². The topological polar surface area (TPSA) is 41.6 Å². The fraction of sp³-hybridized carbons (Fsp3) is 0.941. The minimum absolute atomic E-state index is 0.142. The van der Waals surface area contributed by atoms with Gasteiger partial charge in [0, 0.05) is 12.6 Å². The van der Waals surface area contributed by atoms with E-state index in [1.807, 2.05) is 0 Å². The molecular formula is C17H34N2O2. The summed E-state index contributed by atoms with van der Waals surface area (Å²) in [6.45, 7) is 12.1. The molecule has 1 fully saturated rings. The largest absolute Gasteiger partial charge is 0.468 e. The van der Waals surface area contributed by atoms with Crippen molar-refractivity contribution in [2.24, 2.45) is 5.41 Å². The number of methoxy groups -OCH3 is 1. The maximum atomic E-state index is 11.8. The van der Waals surface area contributed by atoms with Gasteiger partial charge in [-0.1, -0.05) is 40.5 Å². The zero-order valence-electron chi connectivity index (χ0n) is 14.6. The van der Waals surface area contributed by atoms with Gasteiger partial charge in [-0.2, -0.15) is 0 Å². The molecule has 124 valence electrons. The van der Waals surface area contributed by atoms with Crippen LogP contribution < -0.4 is 5.32 Å². The molecule has 4 heteroatoms. The molecule has 1 aliphatic heterocycles. The molecule has 0 aromatic rings. The number of nitrogens with one attached hydrogen (secondary N) is 1. The average molecular weight is 298 g/mol. The first-order chi connectivity index (χ1) is 9.96. The number of esters is 1. The molecule has 0 saturated carbocycles. The van der Waals surface area contributed by atoms with Gasteiger partial charge in [-0.3, -0.25) is 4.79 Å². The van der Waals surface area contributed by atoms with Gasteiger partial charge in [-0.05, 0) is 37.8 Å². The molecule has 0 bridgehead atoms. The van der Waals surface area contributed by atoms with Crippen LogP contribution in [0, 0.1) is 5.41 Å². The third-order valence-corrected chi connectivity index (χ3v) is 5.17. The van der Waals surface area contributed by atoms with E-state index in [0.717, 1.165) is 26.1 Å². The fourth-order valence-corrected chi connectivity index (χ4v) is 3.33. The standard InChI is InChI=1S/C17H34N2O2/c1-6-17(7-2)9-12-19(13-10-17)11-8-15(16(20)21-5)18-14(3)4/h14-15,18H,6-13H2,1-5H3. The van der Waals surface area contributed by atoms with E-state index in [-0.39, 0.29) is 12.0 Å². The van der Waals surface area contributed by atoms with Gasteiger partial charge in [0.1, 0.15) is 6.04 Å². The van der Waals surface area contributed by atoms with Crippen molar-refractivity contribution in [3.8, 4) is 0 Å². The first-order valence-corrected chi connectivity index (χ1v) is 8.52. The maximum absolute atomic E-state index is 11.8. The van der Waals surface area contributed by atoms with Gasteiger partial charge >= 0.3 is 5.97 Å². The third-order valence-electron chi connectivity index (χ3n) is 5.17. The van der Waals surface area contributed by atoms with Crippen LogP contribution in [0.25, 0.3) is 0 Å². The Bertz CT molecular complexity index is 304. The second-order valence-corrected chi connectivity index (χ2v) is 6.73. The van der Waals surface area contributed by atoms with E-state index in [0.29, 0.717) is 11.5 Å². The minimum atomic E-state index is -0.181. The molecule has 1 aliphatic rings. The van der Waals surface area contributed by atoms with Crippen LogP contribution in [0.2, 0.25) is 0 Å². The summed E-state index contributed by atoms with van der Waals surface area (Å²) in [5.74, 6) is -0.142. The van der Waals surface area contributed by atoms with Crippen LogP contribution in [0.4, 0.5) is 0 Å². The summed E-state index contributed by atoms with van der Waals surface area (Å²) in [5, 5.41) is 3.31. The van der Waals surface area contributed by atoms with Gasteiger partial charge in [-0.25, -0.2) is 0 Å². The molecule has 0 aliphatic carbocycles. The molecule has 0 aromatic heterocycles. The predicted octanol–water partition coefficient (Wildman–Crippen LogP) is 2.82. The summed E-state index contributed by atoms with van der Waals surface area (Å²) in [7, 11) is 1.47. The molecular weight excluding hydrogens is 264 g/mol. The highest BCUT2D eigenvalue weighted by Gasteiger charge is 2.31. The van der Waals surface area contributed by atoms with Crippen molar-refractivity contribution < 1.29 is 9.53 Å². The van der Waals surface area contributed by atoms with E-state index >= 15 is 0 Å². The Morgan fingerprint density at radius 3 is 2.24 bits per heavy atom. The molecule has 1 atom stereocenters. The summed E-state index contributed by atoms with van der Waals surface area (Å²) < 4.78 is 4.90. The number of likely N-dealkylation sites (tertiary alicyclic amines) is 1. The molecule has 21 heavy (non-hydrogen) atoms. The van der Waals surface area contributed by atoms with E-state index in [9.17, 15) is 4.79 Å². The van der Waals surface area contributed by atoms with Gasteiger partial charge in [-0.15, -0.1) is 0 Å². The van der Waals surface area contributed by atoms with Crippen molar-refractivity contribution in [3.05, 3.63) is 0 Å². The maximum Gasteiger partial charge on any atom is 0.322 e. The number of carbonyl (C=O) groups excluding carboxylic acids is 1. The lowest BCUT2D eigenvalue weighted by Gasteiger charge is -2.41. The predicted molar refractivity (Wildman–Crippen MR) is 87.4 cm³/mol. The van der Waals surface area contributed by atoms with Gasteiger partial charge in [0.25, 0.3) is 0 Å². The molecule has 1 saturated heterocycles. The highest BCUT2D eigenvalue weighted by Crippen LogP contribution is 2.37. The smallest absolute Gasteiger partial charge is 0.322 e. The SMILES string of the molecule is CCC1(CC)CCN(CCC(NC(C)C)C(=O)OC)CC1. The summed E-state index contributed by atoms with van der Waals surface area (Å²) in [4.78, 5) is 14.3.